The molecule has 1 aromatic rings. The van der Waals surface area contributed by atoms with Gasteiger partial charge in [-0.3, -0.25) is 0 Å². The van der Waals surface area contributed by atoms with Gasteiger partial charge in [-0.2, -0.15) is 0 Å². The fourth-order valence-corrected chi connectivity index (χ4v) is 2.94. The van der Waals surface area contributed by atoms with Crippen molar-refractivity contribution in [1.29, 1.82) is 0 Å². The highest BCUT2D eigenvalue weighted by molar-refractivity contribution is 8.10. The third-order valence-electron chi connectivity index (χ3n) is 1.77. The topological polar surface area (TPSA) is 18.5 Å². The summed E-state index contributed by atoms with van der Waals surface area (Å²) in [5, 5.41) is 0.684. The molecule has 0 fully saturated rings. The molecule has 15 heavy (non-hydrogen) atoms. The fourth-order valence-electron chi connectivity index (χ4n) is 1.03. The van der Waals surface area contributed by atoms with Crippen molar-refractivity contribution in [3.8, 4) is 5.75 Å². The molecule has 1 aromatic carbocycles. The SMILES string of the molecule is CCOP(=S)(CC)Oc1ccc(Cl)cc1. The fraction of sp³-hybridized carbons (Fsp3) is 0.400. The minimum atomic E-state index is -2.15. The molecule has 2 nitrogen and oxygen atoms in total. The second kappa shape index (κ2) is 5.86. The molecule has 0 aromatic heterocycles. The van der Waals surface area contributed by atoms with E-state index in [2.05, 4.69) is 0 Å². The first-order valence-electron chi connectivity index (χ1n) is 4.78. The monoisotopic (exact) mass is 264 g/mol. The van der Waals surface area contributed by atoms with E-state index in [0.29, 0.717) is 11.6 Å². The lowest BCUT2D eigenvalue weighted by molar-refractivity contribution is 0.332. The van der Waals surface area contributed by atoms with Gasteiger partial charge in [0.2, 0.25) is 6.49 Å². The Morgan fingerprint density at radius 1 is 1.27 bits per heavy atom. The number of rotatable bonds is 5. The van der Waals surface area contributed by atoms with Crippen LogP contribution in [0.25, 0.3) is 0 Å². The summed E-state index contributed by atoms with van der Waals surface area (Å²) >= 11 is 11.1. The van der Waals surface area contributed by atoms with Crippen LogP contribution in [0.4, 0.5) is 0 Å². The Hall–Kier alpha value is -0.0800. The Morgan fingerprint density at radius 2 is 1.87 bits per heavy atom. The lowest BCUT2D eigenvalue weighted by Gasteiger charge is -2.20. The van der Waals surface area contributed by atoms with Crippen molar-refractivity contribution >= 4 is 29.9 Å². The van der Waals surface area contributed by atoms with Crippen LogP contribution in [0.2, 0.25) is 5.02 Å². The van der Waals surface area contributed by atoms with Gasteiger partial charge in [0.1, 0.15) is 5.75 Å². The largest absolute Gasteiger partial charge is 0.443 e. The summed E-state index contributed by atoms with van der Waals surface area (Å²) in [6.45, 7) is 2.33. The smallest absolute Gasteiger partial charge is 0.237 e. The molecule has 0 radical (unpaired) electrons. The summed E-state index contributed by atoms with van der Waals surface area (Å²) in [6, 6.07) is 7.16. The molecule has 0 amide bonds. The Balaban J connectivity index is 2.75. The van der Waals surface area contributed by atoms with Gasteiger partial charge >= 0.3 is 0 Å². The first-order valence-corrected chi connectivity index (χ1v) is 7.98. The van der Waals surface area contributed by atoms with Crippen LogP contribution < -0.4 is 4.52 Å². The molecule has 1 rings (SSSR count). The van der Waals surface area contributed by atoms with Gasteiger partial charge in [-0.05, 0) is 43.0 Å². The maximum absolute atomic E-state index is 5.77. The molecule has 0 aliphatic rings. The van der Waals surface area contributed by atoms with Crippen LogP contribution in [-0.2, 0) is 16.3 Å². The Bertz CT molecular complexity index is 353. The predicted octanol–water partition coefficient (Wildman–Crippen LogP) is 4.08. The van der Waals surface area contributed by atoms with Crippen molar-refractivity contribution in [1.82, 2.24) is 0 Å². The van der Waals surface area contributed by atoms with E-state index >= 15 is 0 Å². The zero-order chi connectivity index (χ0) is 11.3. The average Bonchev–Trinajstić information content (AvgIpc) is 2.22. The van der Waals surface area contributed by atoms with Gasteiger partial charge in [-0.15, -0.1) is 0 Å². The molecule has 0 saturated heterocycles. The maximum atomic E-state index is 5.77. The summed E-state index contributed by atoms with van der Waals surface area (Å²) in [5.41, 5.74) is 0. The highest BCUT2D eigenvalue weighted by Gasteiger charge is 2.16. The van der Waals surface area contributed by atoms with Gasteiger partial charge in [0.05, 0.1) is 6.61 Å². The lowest BCUT2D eigenvalue weighted by Crippen LogP contribution is -1.99. The normalized spacial score (nSPS) is 14.6. The van der Waals surface area contributed by atoms with Crippen LogP contribution in [0.15, 0.2) is 24.3 Å². The summed E-state index contributed by atoms with van der Waals surface area (Å²) in [4.78, 5) is 0. The third-order valence-corrected chi connectivity index (χ3v) is 5.25. The molecule has 84 valence electrons. The minimum Gasteiger partial charge on any atom is -0.443 e. The molecule has 0 spiro atoms. The standard InChI is InChI=1S/C10H14ClO2PS/c1-3-12-14(15,4-2)13-10-7-5-9(11)6-8-10/h5-8H,3-4H2,1-2H3. The molecule has 0 saturated carbocycles. The van der Waals surface area contributed by atoms with Crippen molar-refractivity contribution in [2.24, 2.45) is 0 Å². The highest BCUT2D eigenvalue weighted by atomic mass is 35.5. The van der Waals surface area contributed by atoms with Gasteiger partial charge in [0, 0.05) is 11.2 Å². The Morgan fingerprint density at radius 3 is 2.33 bits per heavy atom. The quantitative estimate of drug-likeness (QED) is 0.747. The van der Waals surface area contributed by atoms with Crippen LogP contribution in [0, 0.1) is 0 Å². The van der Waals surface area contributed by atoms with Crippen LogP contribution in [0.1, 0.15) is 13.8 Å². The molecule has 0 N–H and O–H groups in total. The van der Waals surface area contributed by atoms with Crippen molar-refractivity contribution in [2.75, 3.05) is 12.8 Å². The van der Waals surface area contributed by atoms with Crippen LogP contribution in [0.5, 0.6) is 5.75 Å². The van der Waals surface area contributed by atoms with E-state index in [9.17, 15) is 0 Å². The molecule has 0 bridgehead atoms. The van der Waals surface area contributed by atoms with Crippen molar-refractivity contribution in [3.63, 3.8) is 0 Å². The van der Waals surface area contributed by atoms with E-state index in [1.165, 1.54) is 0 Å². The maximum Gasteiger partial charge on any atom is 0.237 e. The van der Waals surface area contributed by atoms with E-state index < -0.39 is 6.49 Å². The van der Waals surface area contributed by atoms with E-state index in [4.69, 9.17) is 32.5 Å². The summed E-state index contributed by atoms with van der Waals surface area (Å²) in [7, 11) is 0. The Kier molecular flexibility index (Phi) is 5.07. The molecule has 0 aliphatic carbocycles. The third kappa shape index (κ3) is 4.12. The number of hydrogen-bond acceptors (Lipinski definition) is 3. The second-order valence-electron chi connectivity index (χ2n) is 2.89. The van der Waals surface area contributed by atoms with Crippen LogP contribution in [-0.4, -0.2) is 12.8 Å². The van der Waals surface area contributed by atoms with Gasteiger partial charge < -0.3 is 9.05 Å². The first-order chi connectivity index (χ1) is 7.09. The van der Waals surface area contributed by atoms with Crippen LogP contribution >= 0.6 is 18.1 Å². The minimum absolute atomic E-state index is 0.582. The van der Waals surface area contributed by atoms with Crippen molar-refractivity contribution in [2.45, 2.75) is 13.8 Å². The number of benzene rings is 1. The average molecular weight is 265 g/mol. The molecular weight excluding hydrogens is 251 g/mol. The first kappa shape index (κ1) is 13.0. The molecule has 5 heteroatoms. The molecule has 1 atom stereocenters. The molecule has 0 heterocycles. The van der Waals surface area contributed by atoms with Crippen molar-refractivity contribution in [3.05, 3.63) is 29.3 Å². The predicted molar refractivity (Wildman–Crippen MR) is 68.5 cm³/mol. The Labute approximate surface area is 101 Å². The van der Waals surface area contributed by atoms with E-state index in [1.54, 1.807) is 24.3 Å². The molecular formula is C10H14ClO2PS. The zero-order valence-electron chi connectivity index (χ0n) is 8.77. The second-order valence-corrected chi connectivity index (χ2v) is 7.29. The highest BCUT2D eigenvalue weighted by Crippen LogP contribution is 2.48. The zero-order valence-corrected chi connectivity index (χ0v) is 11.2. The van der Waals surface area contributed by atoms with Gasteiger partial charge in [0.25, 0.3) is 0 Å². The molecule has 1 unspecified atom stereocenters. The van der Waals surface area contributed by atoms with E-state index in [0.717, 1.165) is 11.9 Å². The molecule has 0 aliphatic heterocycles. The number of halogens is 1. The number of hydrogen-bond donors (Lipinski definition) is 0. The van der Waals surface area contributed by atoms with E-state index in [-0.39, 0.29) is 0 Å². The van der Waals surface area contributed by atoms with Gasteiger partial charge in [0.15, 0.2) is 0 Å². The van der Waals surface area contributed by atoms with Gasteiger partial charge in [-0.1, -0.05) is 18.5 Å². The van der Waals surface area contributed by atoms with Crippen molar-refractivity contribution < 1.29 is 9.05 Å². The summed E-state index contributed by atoms with van der Waals surface area (Å²) < 4.78 is 11.2. The van der Waals surface area contributed by atoms with Crippen LogP contribution in [0.3, 0.4) is 0 Å². The van der Waals surface area contributed by atoms with Gasteiger partial charge in [-0.25, -0.2) is 0 Å². The lowest BCUT2D eigenvalue weighted by atomic mass is 10.3. The summed E-state index contributed by atoms with van der Waals surface area (Å²) in [5.74, 6) is 0.720. The van der Waals surface area contributed by atoms with E-state index in [1.807, 2.05) is 13.8 Å². The summed E-state index contributed by atoms with van der Waals surface area (Å²) in [6.07, 6.45) is 0.721.